The summed E-state index contributed by atoms with van der Waals surface area (Å²) < 4.78 is 30.8. The van der Waals surface area contributed by atoms with Gasteiger partial charge < -0.3 is 0 Å². The summed E-state index contributed by atoms with van der Waals surface area (Å²) in [6.45, 7) is 2.98. The number of hydrogen-bond acceptors (Lipinski definition) is 4. The van der Waals surface area contributed by atoms with Crippen molar-refractivity contribution >= 4 is 26.0 Å². The van der Waals surface area contributed by atoms with Gasteiger partial charge in [-0.1, -0.05) is 0 Å². The predicted octanol–water partition coefficient (Wildman–Crippen LogP) is 1.10. The lowest BCUT2D eigenvalue weighted by molar-refractivity contribution is 0.480. The van der Waals surface area contributed by atoms with E-state index in [4.69, 9.17) is 4.55 Å². The summed E-state index contributed by atoms with van der Waals surface area (Å²) in [4.78, 5) is 7.31. The molecule has 1 rings (SSSR count). The molecule has 1 aromatic rings. The molecule has 0 aliphatic carbocycles. The molecule has 1 N–H and O–H groups in total. The van der Waals surface area contributed by atoms with Gasteiger partial charge in [0, 0.05) is 0 Å². The van der Waals surface area contributed by atoms with E-state index in [1.807, 2.05) is 0 Å². The van der Waals surface area contributed by atoms with Crippen LogP contribution in [0.2, 0.25) is 0 Å². The second kappa shape index (κ2) is 3.32. The molecule has 0 atom stereocenters. The normalized spacial score (nSPS) is 11.7. The molecule has 7 heteroatoms. The molecule has 0 aliphatic rings. The minimum absolute atomic E-state index is 0.224. The summed E-state index contributed by atoms with van der Waals surface area (Å²) in [5.74, 6) is 0. The molecule has 0 amide bonds. The lowest BCUT2D eigenvalue weighted by atomic mass is 10.4. The van der Waals surface area contributed by atoms with E-state index in [9.17, 15) is 8.42 Å². The van der Waals surface area contributed by atoms with Gasteiger partial charge in [-0.15, -0.1) is 0 Å². The van der Waals surface area contributed by atoms with Crippen molar-refractivity contribution in [3.05, 3.63) is 16.1 Å². The van der Waals surface area contributed by atoms with Crippen molar-refractivity contribution in [3.63, 3.8) is 0 Å². The minimum Gasteiger partial charge on any atom is -0.282 e. The first-order valence-corrected chi connectivity index (χ1v) is 5.54. The standard InChI is InChI=1S/C6H7BrN2O3S/c1-3-5(13(10,11)12)4(2)9-6(7)8-3/h1-2H3,(H,10,11,12). The SMILES string of the molecule is Cc1nc(Br)nc(C)c1S(=O)(=O)O. The van der Waals surface area contributed by atoms with Crippen LogP contribution in [-0.2, 0) is 10.1 Å². The van der Waals surface area contributed by atoms with E-state index in [2.05, 4.69) is 25.9 Å². The van der Waals surface area contributed by atoms with E-state index in [-0.39, 0.29) is 16.3 Å². The molecule has 5 nitrogen and oxygen atoms in total. The van der Waals surface area contributed by atoms with Crippen LogP contribution >= 0.6 is 15.9 Å². The molecule has 0 fully saturated rings. The van der Waals surface area contributed by atoms with E-state index in [1.54, 1.807) is 0 Å². The third kappa shape index (κ3) is 2.23. The van der Waals surface area contributed by atoms with Crippen molar-refractivity contribution in [1.82, 2.24) is 9.97 Å². The van der Waals surface area contributed by atoms with Crippen LogP contribution in [0, 0.1) is 13.8 Å². The number of aromatic nitrogens is 2. The van der Waals surface area contributed by atoms with Gasteiger partial charge in [0.05, 0.1) is 11.4 Å². The van der Waals surface area contributed by atoms with Crippen molar-refractivity contribution < 1.29 is 13.0 Å². The molecule has 0 aliphatic heterocycles. The zero-order valence-electron chi connectivity index (χ0n) is 6.94. The largest absolute Gasteiger partial charge is 0.298 e. The van der Waals surface area contributed by atoms with Gasteiger partial charge in [0.25, 0.3) is 10.1 Å². The van der Waals surface area contributed by atoms with Crippen molar-refractivity contribution in [3.8, 4) is 0 Å². The average molecular weight is 267 g/mol. The molecule has 0 aromatic carbocycles. The molecule has 13 heavy (non-hydrogen) atoms. The Labute approximate surface area is 84.1 Å². The van der Waals surface area contributed by atoms with Crippen LogP contribution < -0.4 is 0 Å². The van der Waals surface area contributed by atoms with Crippen LogP contribution in [0.1, 0.15) is 11.4 Å². The number of nitrogens with zero attached hydrogens (tertiary/aromatic N) is 2. The second-order valence-electron chi connectivity index (χ2n) is 2.47. The first-order valence-electron chi connectivity index (χ1n) is 3.30. The molecule has 1 heterocycles. The van der Waals surface area contributed by atoms with Crippen molar-refractivity contribution in [1.29, 1.82) is 0 Å². The molecule has 0 unspecified atom stereocenters. The Morgan fingerprint density at radius 2 is 1.62 bits per heavy atom. The topological polar surface area (TPSA) is 80.2 Å². The average Bonchev–Trinajstić information content (AvgIpc) is 1.78. The molecule has 0 spiro atoms. The Morgan fingerprint density at radius 1 is 1.23 bits per heavy atom. The molecule has 72 valence electrons. The molecule has 0 radical (unpaired) electrons. The number of hydrogen-bond donors (Lipinski definition) is 1. The van der Waals surface area contributed by atoms with E-state index < -0.39 is 10.1 Å². The molecule has 0 saturated carbocycles. The molecule has 0 bridgehead atoms. The van der Waals surface area contributed by atoms with Crippen LogP contribution in [0.3, 0.4) is 0 Å². The lowest BCUT2D eigenvalue weighted by Crippen LogP contribution is -2.07. The predicted molar refractivity (Wildman–Crippen MR) is 49.0 cm³/mol. The quantitative estimate of drug-likeness (QED) is 0.608. The highest BCUT2D eigenvalue weighted by Gasteiger charge is 2.18. The summed E-state index contributed by atoms with van der Waals surface area (Å²) >= 11 is 3.02. The molecule has 0 saturated heterocycles. The Morgan fingerprint density at radius 3 is 1.92 bits per heavy atom. The van der Waals surface area contributed by atoms with E-state index in [0.717, 1.165) is 0 Å². The maximum absolute atomic E-state index is 10.8. The Hall–Kier alpha value is -0.530. The highest BCUT2D eigenvalue weighted by atomic mass is 79.9. The van der Waals surface area contributed by atoms with Gasteiger partial charge >= 0.3 is 0 Å². The summed E-state index contributed by atoms with van der Waals surface area (Å²) in [5, 5.41) is 0. The number of aryl methyl sites for hydroxylation is 2. The van der Waals surface area contributed by atoms with Gasteiger partial charge in [0.2, 0.25) is 0 Å². The molecule has 1 aromatic heterocycles. The zero-order valence-corrected chi connectivity index (χ0v) is 9.35. The van der Waals surface area contributed by atoms with E-state index in [0.29, 0.717) is 4.73 Å². The third-order valence-electron chi connectivity index (χ3n) is 1.44. The number of rotatable bonds is 1. The Bertz CT molecular complexity index is 420. The van der Waals surface area contributed by atoms with Crippen LogP contribution in [0.15, 0.2) is 9.63 Å². The fourth-order valence-corrected chi connectivity index (χ4v) is 2.41. The van der Waals surface area contributed by atoms with E-state index >= 15 is 0 Å². The fraction of sp³-hybridized carbons (Fsp3) is 0.333. The van der Waals surface area contributed by atoms with Gasteiger partial charge in [-0.2, -0.15) is 8.42 Å². The first kappa shape index (κ1) is 10.6. The fourth-order valence-electron chi connectivity index (χ4n) is 1.04. The van der Waals surface area contributed by atoms with Crippen LogP contribution in [0.25, 0.3) is 0 Å². The molecular formula is C6H7BrN2O3S. The van der Waals surface area contributed by atoms with Gasteiger partial charge in [-0.25, -0.2) is 9.97 Å². The lowest BCUT2D eigenvalue weighted by Gasteiger charge is -2.04. The van der Waals surface area contributed by atoms with E-state index in [1.165, 1.54) is 13.8 Å². The maximum Gasteiger partial charge on any atom is 0.298 e. The maximum atomic E-state index is 10.8. The van der Waals surface area contributed by atoms with Crippen molar-refractivity contribution in [2.24, 2.45) is 0 Å². The number of halogens is 1. The summed E-state index contributed by atoms with van der Waals surface area (Å²) in [5.41, 5.74) is 0.448. The molecular weight excluding hydrogens is 260 g/mol. The Kier molecular flexibility index (Phi) is 2.69. The van der Waals surface area contributed by atoms with Crippen LogP contribution in [-0.4, -0.2) is 22.9 Å². The van der Waals surface area contributed by atoms with Crippen molar-refractivity contribution in [2.45, 2.75) is 18.7 Å². The third-order valence-corrected chi connectivity index (χ3v) is 2.90. The second-order valence-corrected chi connectivity index (χ2v) is 4.54. The van der Waals surface area contributed by atoms with Crippen molar-refractivity contribution in [2.75, 3.05) is 0 Å². The summed E-state index contributed by atoms with van der Waals surface area (Å²) in [6.07, 6.45) is 0. The monoisotopic (exact) mass is 266 g/mol. The van der Waals surface area contributed by atoms with Gasteiger partial charge in [-0.3, -0.25) is 4.55 Å². The van der Waals surface area contributed by atoms with Gasteiger partial charge in [0.15, 0.2) is 4.73 Å². The summed E-state index contributed by atoms with van der Waals surface area (Å²) in [6, 6.07) is 0. The minimum atomic E-state index is -4.23. The highest BCUT2D eigenvalue weighted by molar-refractivity contribution is 9.10. The van der Waals surface area contributed by atoms with Gasteiger partial charge in [-0.05, 0) is 29.8 Å². The smallest absolute Gasteiger partial charge is 0.282 e. The highest BCUT2D eigenvalue weighted by Crippen LogP contribution is 2.17. The summed E-state index contributed by atoms with van der Waals surface area (Å²) in [7, 11) is -4.23. The van der Waals surface area contributed by atoms with Gasteiger partial charge in [0.1, 0.15) is 4.90 Å². The Balaban J connectivity index is 3.57. The first-order chi connectivity index (χ1) is 5.82. The van der Waals surface area contributed by atoms with Crippen LogP contribution in [0.4, 0.5) is 0 Å². The zero-order chi connectivity index (χ0) is 10.2. The van der Waals surface area contributed by atoms with Crippen LogP contribution in [0.5, 0.6) is 0 Å².